The zero-order chi connectivity index (χ0) is 12.5. The molecule has 0 saturated heterocycles. The predicted octanol–water partition coefficient (Wildman–Crippen LogP) is 3.61. The lowest BCUT2D eigenvalue weighted by Gasteiger charge is -2.11. The molecule has 88 valence electrons. The molecule has 0 spiro atoms. The van der Waals surface area contributed by atoms with Crippen molar-refractivity contribution in [1.82, 2.24) is 4.98 Å². The summed E-state index contributed by atoms with van der Waals surface area (Å²) in [5.74, 6) is 0. The fourth-order valence-corrected chi connectivity index (χ4v) is 1.48. The van der Waals surface area contributed by atoms with Gasteiger partial charge in [-0.1, -0.05) is 0 Å². The highest BCUT2D eigenvalue weighted by Gasteiger charge is 2.37. The molecule has 0 atom stereocenters. The van der Waals surface area contributed by atoms with Gasteiger partial charge in [0.05, 0.1) is 4.47 Å². The Hall–Kier alpha value is -1.05. The highest BCUT2D eigenvalue weighted by atomic mass is 79.9. The first kappa shape index (κ1) is 13.0. The van der Waals surface area contributed by atoms with Crippen molar-refractivity contribution in [3.63, 3.8) is 0 Å². The topological polar surface area (TPSA) is 30.0 Å². The summed E-state index contributed by atoms with van der Waals surface area (Å²) in [6, 6.07) is 0.608. The molecule has 0 aliphatic carbocycles. The molecule has 0 aliphatic heterocycles. The molecule has 0 fully saturated rings. The maximum atomic E-state index is 12.4. The maximum Gasteiger partial charge on any atom is 0.434 e. The van der Waals surface area contributed by atoms with E-state index in [2.05, 4.69) is 20.9 Å². The van der Waals surface area contributed by atoms with Crippen LogP contribution in [-0.2, 0) is 6.18 Å². The van der Waals surface area contributed by atoms with E-state index in [1.165, 1.54) is 0 Å². The minimum Gasteiger partial charge on any atom is -0.298 e. The fraction of sp³-hybridized carbons (Fsp3) is 0.250. The Kier molecular flexibility index (Phi) is 3.61. The van der Waals surface area contributed by atoms with Gasteiger partial charge < -0.3 is 0 Å². The molecule has 1 aromatic rings. The zero-order valence-electron chi connectivity index (χ0n) is 7.36. The van der Waals surface area contributed by atoms with Crippen LogP contribution in [0.15, 0.2) is 10.5 Å². The third-order valence-electron chi connectivity index (χ3n) is 1.62. The molecule has 0 aliphatic rings. The van der Waals surface area contributed by atoms with Crippen LogP contribution in [0.4, 0.5) is 22.0 Å². The number of pyridine rings is 1. The van der Waals surface area contributed by atoms with Gasteiger partial charge in [0.1, 0.15) is 5.69 Å². The lowest BCUT2D eigenvalue weighted by molar-refractivity contribution is -0.142. The van der Waals surface area contributed by atoms with Crippen LogP contribution in [0, 0.1) is 0 Å². The molecule has 0 aromatic carbocycles. The summed E-state index contributed by atoms with van der Waals surface area (Å²) in [6.45, 7) is 0. The molecule has 16 heavy (non-hydrogen) atoms. The normalized spacial score (nSPS) is 11.9. The van der Waals surface area contributed by atoms with Crippen LogP contribution < -0.4 is 0 Å². The van der Waals surface area contributed by atoms with E-state index in [0.717, 1.165) is 0 Å². The van der Waals surface area contributed by atoms with Crippen LogP contribution in [0.2, 0.25) is 0 Å². The Morgan fingerprint density at radius 1 is 1.38 bits per heavy atom. The number of alkyl halides is 5. The lowest BCUT2D eigenvalue weighted by atomic mass is 10.2. The minimum atomic E-state index is -4.90. The quantitative estimate of drug-likeness (QED) is 0.617. The highest BCUT2D eigenvalue weighted by Crippen LogP contribution is 2.36. The third kappa shape index (κ3) is 2.55. The molecule has 1 heterocycles. The Morgan fingerprint density at radius 2 is 1.94 bits per heavy atom. The standard InChI is InChI=1S/C8H3BrF5NO/c9-5-3(2-16)1-4(7(10)11)15-6(5)8(12,13)14/h1-2,7H. The largest absolute Gasteiger partial charge is 0.434 e. The van der Waals surface area contributed by atoms with Crippen molar-refractivity contribution < 1.29 is 26.7 Å². The number of nitrogens with zero attached hydrogens (tertiary/aromatic N) is 1. The number of carbonyl (C=O) groups is 1. The van der Waals surface area contributed by atoms with E-state index in [0.29, 0.717) is 6.07 Å². The van der Waals surface area contributed by atoms with E-state index in [1.807, 2.05) is 0 Å². The van der Waals surface area contributed by atoms with E-state index in [4.69, 9.17) is 0 Å². The molecule has 0 unspecified atom stereocenters. The molecule has 0 bridgehead atoms. The average molecular weight is 304 g/mol. The van der Waals surface area contributed by atoms with Crippen molar-refractivity contribution in [3.8, 4) is 0 Å². The van der Waals surface area contributed by atoms with Gasteiger partial charge in [0.2, 0.25) is 0 Å². The number of halogens is 6. The highest BCUT2D eigenvalue weighted by molar-refractivity contribution is 9.10. The van der Waals surface area contributed by atoms with Gasteiger partial charge in [-0.2, -0.15) is 13.2 Å². The number of aromatic nitrogens is 1. The van der Waals surface area contributed by atoms with E-state index in [-0.39, 0.29) is 6.29 Å². The van der Waals surface area contributed by atoms with E-state index in [9.17, 15) is 26.7 Å². The molecular formula is C8H3BrF5NO. The molecule has 0 amide bonds. The van der Waals surface area contributed by atoms with Crippen molar-refractivity contribution in [1.29, 1.82) is 0 Å². The van der Waals surface area contributed by atoms with Gasteiger partial charge in [0.25, 0.3) is 6.43 Å². The lowest BCUT2D eigenvalue weighted by Crippen LogP contribution is -2.12. The van der Waals surface area contributed by atoms with Gasteiger partial charge in [0, 0.05) is 5.56 Å². The van der Waals surface area contributed by atoms with Crippen molar-refractivity contribution in [3.05, 3.63) is 27.5 Å². The number of hydrogen-bond acceptors (Lipinski definition) is 2. The Morgan fingerprint density at radius 3 is 2.31 bits per heavy atom. The van der Waals surface area contributed by atoms with Crippen molar-refractivity contribution in [2.45, 2.75) is 12.6 Å². The summed E-state index contributed by atoms with van der Waals surface area (Å²) in [6.07, 6.45) is -8.03. The van der Waals surface area contributed by atoms with Crippen LogP contribution in [-0.4, -0.2) is 11.3 Å². The van der Waals surface area contributed by atoms with Gasteiger partial charge in [0.15, 0.2) is 12.0 Å². The zero-order valence-corrected chi connectivity index (χ0v) is 8.94. The third-order valence-corrected chi connectivity index (χ3v) is 2.46. The maximum absolute atomic E-state index is 12.4. The molecular weight excluding hydrogens is 301 g/mol. The molecule has 2 nitrogen and oxygen atoms in total. The first-order valence-electron chi connectivity index (χ1n) is 3.78. The number of hydrogen-bond donors (Lipinski definition) is 0. The Labute approximate surface area is 94.6 Å². The van der Waals surface area contributed by atoms with Gasteiger partial charge in [-0.15, -0.1) is 0 Å². The smallest absolute Gasteiger partial charge is 0.298 e. The number of rotatable bonds is 2. The summed E-state index contributed by atoms with van der Waals surface area (Å²) < 4.78 is 60.9. The van der Waals surface area contributed by atoms with Gasteiger partial charge in [-0.05, 0) is 22.0 Å². The number of aldehydes is 1. The second kappa shape index (κ2) is 4.44. The van der Waals surface area contributed by atoms with Crippen molar-refractivity contribution in [2.75, 3.05) is 0 Å². The summed E-state index contributed by atoms with van der Waals surface area (Å²) in [5, 5.41) is 0. The van der Waals surface area contributed by atoms with E-state index >= 15 is 0 Å². The molecule has 0 N–H and O–H groups in total. The van der Waals surface area contributed by atoms with Crippen LogP contribution >= 0.6 is 15.9 Å². The second-order valence-electron chi connectivity index (χ2n) is 2.72. The summed E-state index contributed by atoms with van der Waals surface area (Å²) in [5.41, 5.74) is -3.14. The first-order chi connectivity index (χ1) is 7.27. The SMILES string of the molecule is O=Cc1cc(C(F)F)nc(C(F)(F)F)c1Br. The van der Waals surface area contributed by atoms with Gasteiger partial charge in [-0.25, -0.2) is 13.8 Å². The van der Waals surface area contributed by atoms with Crippen LogP contribution in [0.1, 0.15) is 28.2 Å². The summed E-state index contributed by atoms with van der Waals surface area (Å²) >= 11 is 2.50. The van der Waals surface area contributed by atoms with Gasteiger partial charge >= 0.3 is 6.18 Å². The monoisotopic (exact) mass is 303 g/mol. The second-order valence-corrected chi connectivity index (χ2v) is 3.51. The molecule has 1 aromatic heterocycles. The molecule has 8 heteroatoms. The van der Waals surface area contributed by atoms with Crippen LogP contribution in [0.5, 0.6) is 0 Å². The van der Waals surface area contributed by atoms with Gasteiger partial charge in [-0.3, -0.25) is 4.79 Å². The van der Waals surface area contributed by atoms with Crippen molar-refractivity contribution >= 4 is 22.2 Å². The van der Waals surface area contributed by atoms with E-state index in [1.54, 1.807) is 0 Å². The molecule has 0 saturated carbocycles. The summed E-state index contributed by atoms with van der Waals surface area (Å²) in [7, 11) is 0. The summed E-state index contributed by atoms with van der Waals surface area (Å²) in [4.78, 5) is 13.2. The van der Waals surface area contributed by atoms with Crippen LogP contribution in [0.3, 0.4) is 0 Å². The van der Waals surface area contributed by atoms with E-state index < -0.39 is 34.0 Å². The predicted molar refractivity (Wildman–Crippen MR) is 47.3 cm³/mol. The van der Waals surface area contributed by atoms with Crippen molar-refractivity contribution in [2.24, 2.45) is 0 Å². The number of carbonyl (C=O) groups excluding carboxylic acids is 1. The minimum absolute atomic E-state index is 0.0485. The van der Waals surface area contributed by atoms with Crippen LogP contribution in [0.25, 0.3) is 0 Å². The Bertz CT molecular complexity index is 418. The fourth-order valence-electron chi connectivity index (χ4n) is 0.955. The molecule has 1 rings (SSSR count). The average Bonchev–Trinajstić information content (AvgIpc) is 2.15. The Balaban J connectivity index is 3.48. The molecule has 0 radical (unpaired) electrons. The first-order valence-corrected chi connectivity index (χ1v) is 4.57.